The molecule has 0 aromatic carbocycles. The number of aromatic nitrogens is 2. The molecule has 0 aliphatic carbocycles. The number of halogens is 1. The molecule has 6 heteroatoms. The topological polar surface area (TPSA) is 58.2 Å². The van der Waals surface area contributed by atoms with Gasteiger partial charge in [0.15, 0.2) is 5.82 Å². The second-order valence-electron chi connectivity index (χ2n) is 3.86. The second kappa shape index (κ2) is 5.46. The van der Waals surface area contributed by atoms with Gasteiger partial charge in [0.25, 0.3) is 5.56 Å². The van der Waals surface area contributed by atoms with Crippen LogP contribution in [0.4, 0.5) is 5.82 Å². The lowest BCUT2D eigenvalue weighted by Crippen LogP contribution is -2.31. The molecule has 0 saturated carbocycles. The molecule has 1 aliphatic rings. The van der Waals surface area contributed by atoms with E-state index in [4.69, 9.17) is 4.74 Å². The average Bonchev–Trinajstić information content (AvgIpc) is 2.34. The van der Waals surface area contributed by atoms with Crippen molar-refractivity contribution in [1.82, 2.24) is 9.97 Å². The number of methoxy groups -OCH3 is 1. The van der Waals surface area contributed by atoms with Crippen molar-refractivity contribution in [2.45, 2.75) is 6.42 Å². The Morgan fingerprint density at radius 3 is 3.12 bits per heavy atom. The molecule has 0 radical (unpaired) electrons. The van der Waals surface area contributed by atoms with Crippen LogP contribution in [0.5, 0.6) is 0 Å². The molecule has 0 saturated heterocycles. The maximum Gasteiger partial charge on any atom is 0.267 e. The molecule has 0 unspecified atom stereocenters. The first kappa shape index (κ1) is 12.3. The summed E-state index contributed by atoms with van der Waals surface area (Å²) in [5.74, 6) is 0.696. The molecule has 92 valence electrons. The third kappa shape index (κ3) is 2.76. The van der Waals surface area contributed by atoms with E-state index in [-0.39, 0.29) is 5.56 Å². The van der Waals surface area contributed by atoms with Gasteiger partial charge in [-0.25, -0.2) is 4.98 Å². The maximum absolute atomic E-state index is 11.4. The molecule has 5 nitrogen and oxygen atoms in total. The minimum atomic E-state index is -0.151. The highest BCUT2D eigenvalue weighted by Gasteiger charge is 2.16. The monoisotopic (exact) mass is 299 g/mol. The summed E-state index contributed by atoms with van der Waals surface area (Å²) in [6, 6.07) is 0. The minimum absolute atomic E-state index is 0.151. The van der Waals surface area contributed by atoms with Crippen LogP contribution in [0.3, 0.4) is 0 Å². The normalized spacial score (nSPS) is 15.9. The smallest absolute Gasteiger partial charge is 0.267 e. The van der Waals surface area contributed by atoms with Crippen molar-refractivity contribution in [3.8, 4) is 0 Å². The number of hydrogen-bond acceptors (Lipinski definition) is 4. The molecule has 17 heavy (non-hydrogen) atoms. The van der Waals surface area contributed by atoms with Gasteiger partial charge < -0.3 is 14.6 Å². The van der Waals surface area contributed by atoms with E-state index in [0.29, 0.717) is 16.9 Å². The number of aromatic amines is 1. The summed E-state index contributed by atoms with van der Waals surface area (Å²) >= 11 is 3.27. The molecule has 2 heterocycles. The second-order valence-corrected chi connectivity index (χ2v) is 4.65. The van der Waals surface area contributed by atoms with Crippen molar-refractivity contribution in [2.75, 3.05) is 31.7 Å². The van der Waals surface area contributed by atoms with Crippen LogP contribution < -0.4 is 10.5 Å². The first-order valence-corrected chi connectivity index (χ1v) is 6.16. The van der Waals surface area contributed by atoms with Gasteiger partial charge in [-0.3, -0.25) is 4.79 Å². The van der Waals surface area contributed by atoms with Gasteiger partial charge in [0, 0.05) is 20.2 Å². The Labute approximate surface area is 108 Å². The summed E-state index contributed by atoms with van der Waals surface area (Å²) in [6.45, 7) is 2.29. The highest BCUT2D eigenvalue weighted by Crippen LogP contribution is 2.22. The van der Waals surface area contributed by atoms with E-state index in [0.717, 1.165) is 19.5 Å². The lowest BCUT2D eigenvalue weighted by atomic mass is 10.1. The average molecular weight is 300 g/mol. The van der Waals surface area contributed by atoms with Crippen molar-refractivity contribution in [2.24, 2.45) is 0 Å². The number of anilines is 1. The predicted molar refractivity (Wildman–Crippen MR) is 69.3 cm³/mol. The third-order valence-electron chi connectivity index (χ3n) is 2.71. The number of rotatable bonds is 3. The lowest BCUT2D eigenvalue weighted by molar-refractivity contribution is 0.222. The summed E-state index contributed by atoms with van der Waals surface area (Å²) in [5, 5.41) is 0. The fourth-order valence-corrected chi connectivity index (χ4v) is 2.28. The number of hydrogen-bond donors (Lipinski definition) is 1. The Kier molecular flexibility index (Phi) is 3.96. The lowest BCUT2D eigenvalue weighted by Gasteiger charge is -2.27. The summed E-state index contributed by atoms with van der Waals surface area (Å²) in [6.07, 6.45) is 4.49. The molecule has 1 aliphatic heterocycles. The quantitative estimate of drug-likeness (QED) is 0.855. The SMILES string of the molecule is COCC1=CCN(c2nc[nH]c(=O)c2Br)CC1. The molecule has 1 N–H and O–H groups in total. The predicted octanol–water partition coefficient (Wildman–Crippen LogP) is 1.32. The summed E-state index contributed by atoms with van der Waals surface area (Å²) < 4.78 is 5.59. The van der Waals surface area contributed by atoms with Gasteiger partial charge in [-0.05, 0) is 27.9 Å². The van der Waals surface area contributed by atoms with Crippen LogP contribution >= 0.6 is 15.9 Å². The van der Waals surface area contributed by atoms with E-state index in [1.807, 2.05) is 0 Å². The maximum atomic E-state index is 11.4. The molecule has 0 bridgehead atoms. The number of ether oxygens (including phenoxy) is 1. The van der Waals surface area contributed by atoms with E-state index in [1.54, 1.807) is 7.11 Å². The van der Waals surface area contributed by atoms with Crippen molar-refractivity contribution in [1.29, 1.82) is 0 Å². The van der Waals surface area contributed by atoms with Crippen LogP contribution in [-0.4, -0.2) is 36.8 Å². The molecule has 2 rings (SSSR count). The first-order chi connectivity index (χ1) is 8.22. The van der Waals surface area contributed by atoms with Crippen molar-refractivity contribution in [3.63, 3.8) is 0 Å². The molecular formula is C11H14BrN3O2. The summed E-state index contributed by atoms with van der Waals surface area (Å²) in [5.41, 5.74) is 1.14. The van der Waals surface area contributed by atoms with Gasteiger partial charge in [0.2, 0.25) is 0 Å². The molecule has 0 spiro atoms. The van der Waals surface area contributed by atoms with Crippen LogP contribution in [0.25, 0.3) is 0 Å². The van der Waals surface area contributed by atoms with E-state index < -0.39 is 0 Å². The van der Waals surface area contributed by atoms with E-state index >= 15 is 0 Å². The van der Waals surface area contributed by atoms with Crippen LogP contribution in [0.1, 0.15) is 6.42 Å². The summed E-state index contributed by atoms with van der Waals surface area (Å²) in [7, 11) is 1.70. The van der Waals surface area contributed by atoms with Crippen molar-refractivity contribution in [3.05, 3.63) is 32.8 Å². The number of nitrogens with zero attached hydrogens (tertiary/aromatic N) is 2. The molecule has 0 atom stereocenters. The molecule has 0 amide bonds. The van der Waals surface area contributed by atoms with E-state index in [1.165, 1.54) is 11.9 Å². The van der Waals surface area contributed by atoms with E-state index in [2.05, 4.69) is 36.9 Å². The van der Waals surface area contributed by atoms with Crippen LogP contribution in [-0.2, 0) is 4.74 Å². The van der Waals surface area contributed by atoms with Gasteiger partial charge in [0.05, 0.1) is 12.9 Å². The van der Waals surface area contributed by atoms with Crippen molar-refractivity contribution >= 4 is 21.7 Å². The highest BCUT2D eigenvalue weighted by atomic mass is 79.9. The summed E-state index contributed by atoms with van der Waals surface area (Å²) in [4.78, 5) is 20.2. The van der Waals surface area contributed by atoms with Gasteiger partial charge in [0.1, 0.15) is 4.47 Å². The minimum Gasteiger partial charge on any atom is -0.380 e. The molecular weight excluding hydrogens is 286 g/mol. The zero-order valence-corrected chi connectivity index (χ0v) is 11.2. The number of nitrogens with one attached hydrogen (secondary N) is 1. The van der Waals surface area contributed by atoms with Crippen LogP contribution in [0.15, 0.2) is 27.2 Å². The fraction of sp³-hybridized carbons (Fsp3) is 0.455. The number of H-pyrrole nitrogens is 1. The highest BCUT2D eigenvalue weighted by molar-refractivity contribution is 9.10. The Morgan fingerprint density at radius 2 is 2.47 bits per heavy atom. The molecule has 1 aromatic heterocycles. The fourth-order valence-electron chi connectivity index (χ4n) is 1.81. The Bertz CT molecular complexity index is 484. The Balaban J connectivity index is 2.16. The molecule has 0 fully saturated rings. The van der Waals surface area contributed by atoms with Gasteiger partial charge >= 0.3 is 0 Å². The van der Waals surface area contributed by atoms with Gasteiger partial charge in [-0.2, -0.15) is 0 Å². The zero-order chi connectivity index (χ0) is 12.3. The Hall–Kier alpha value is -1.14. The largest absolute Gasteiger partial charge is 0.380 e. The van der Waals surface area contributed by atoms with Gasteiger partial charge in [-0.1, -0.05) is 6.08 Å². The van der Waals surface area contributed by atoms with E-state index in [9.17, 15) is 4.79 Å². The van der Waals surface area contributed by atoms with Crippen LogP contribution in [0, 0.1) is 0 Å². The zero-order valence-electron chi connectivity index (χ0n) is 9.57. The third-order valence-corrected chi connectivity index (χ3v) is 3.43. The van der Waals surface area contributed by atoms with Crippen LogP contribution in [0.2, 0.25) is 0 Å². The van der Waals surface area contributed by atoms with Crippen molar-refractivity contribution < 1.29 is 4.74 Å². The standard InChI is InChI=1S/C11H14BrN3O2/c1-17-6-8-2-4-15(5-3-8)10-9(12)11(16)14-7-13-10/h2,7H,3-6H2,1H3,(H,13,14,16). The Morgan fingerprint density at radius 1 is 1.65 bits per heavy atom. The molecule has 1 aromatic rings. The van der Waals surface area contributed by atoms with Gasteiger partial charge in [-0.15, -0.1) is 0 Å². The first-order valence-electron chi connectivity index (χ1n) is 5.37.